The Morgan fingerprint density at radius 3 is 2.40 bits per heavy atom. The summed E-state index contributed by atoms with van der Waals surface area (Å²) in [6.45, 7) is 0.262. The van der Waals surface area contributed by atoms with Crippen molar-refractivity contribution in [3.8, 4) is 11.5 Å². The summed E-state index contributed by atoms with van der Waals surface area (Å²) in [5.41, 5.74) is 0.585. The minimum absolute atomic E-state index is 0. The number of ether oxygens (including phenoxy) is 2. The first-order valence-corrected chi connectivity index (χ1v) is 5.79. The standard InChI is InChI=1S/C14H15N2O3.BrH/c1-18-13-4-3-11(9-14(13)19-2)12(17)10-16-7-5-15-6-8-16;/h3-9H,10H2,1-2H3;1H/q+1;/p-1. The number of carbonyl (C=O) groups excluding carboxylic acids is 1. The van der Waals surface area contributed by atoms with Crippen LogP contribution in [0, 0.1) is 0 Å². The molecule has 0 spiro atoms. The van der Waals surface area contributed by atoms with Crippen LogP contribution in [0.25, 0.3) is 0 Å². The SMILES string of the molecule is COc1ccc(C(=O)C[n+]2ccncc2)cc1OC.[Br-]. The van der Waals surface area contributed by atoms with Crippen molar-refractivity contribution in [1.82, 2.24) is 4.98 Å². The van der Waals surface area contributed by atoms with E-state index in [0.29, 0.717) is 17.1 Å². The Bertz CT molecular complexity index is 576. The second-order valence-electron chi connectivity index (χ2n) is 3.91. The number of rotatable bonds is 5. The van der Waals surface area contributed by atoms with E-state index in [2.05, 4.69) is 4.98 Å². The van der Waals surface area contributed by atoms with Gasteiger partial charge >= 0.3 is 0 Å². The van der Waals surface area contributed by atoms with Crippen LogP contribution in [-0.4, -0.2) is 25.0 Å². The molecule has 0 N–H and O–H groups in total. The number of aromatic nitrogens is 2. The van der Waals surface area contributed by atoms with E-state index >= 15 is 0 Å². The van der Waals surface area contributed by atoms with Crippen molar-refractivity contribution in [2.24, 2.45) is 0 Å². The second kappa shape index (κ2) is 7.59. The van der Waals surface area contributed by atoms with Gasteiger partial charge in [-0.3, -0.25) is 9.78 Å². The number of hydrogen-bond acceptors (Lipinski definition) is 4. The molecule has 5 nitrogen and oxygen atoms in total. The molecule has 106 valence electrons. The minimum Gasteiger partial charge on any atom is -1.00 e. The minimum atomic E-state index is -0.00264. The lowest BCUT2D eigenvalue weighted by molar-refractivity contribution is -0.683. The topological polar surface area (TPSA) is 52.3 Å². The van der Waals surface area contributed by atoms with Crippen molar-refractivity contribution >= 4 is 5.78 Å². The molecule has 0 unspecified atom stereocenters. The summed E-state index contributed by atoms with van der Waals surface area (Å²) in [6, 6.07) is 5.14. The van der Waals surface area contributed by atoms with E-state index in [4.69, 9.17) is 9.47 Å². The van der Waals surface area contributed by atoms with E-state index < -0.39 is 0 Å². The van der Waals surface area contributed by atoms with E-state index in [1.54, 1.807) is 61.8 Å². The molecule has 6 heteroatoms. The van der Waals surface area contributed by atoms with Gasteiger partial charge in [0.15, 0.2) is 23.9 Å². The highest BCUT2D eigenvalue weighted by Crippen LogP contribution is 2.27. The largest absolute Gasteiger partial charge is 1.00 e. The lowest BCUT2D eigenvalue weighted by Gasteiger charge is -2.08. The van der Waals surface area contributed by atoms with Crippen LogP contribution in [0.3, 0.4) is 0 Å². The fourth-order valence-corrected chi connectivity index (χ4v) is 1.72. The maximum atomic E-state index is 12.1. The first-order chi connectivity index (χ1) is 9.24. The van der Waals surface area contributed by atoms with Crippen LogP contribution in [0.2, 0.25) is 0 Å². The Hall–Kier alpha value is -1.95. The second-order valence-corrected chi connectivity index (χ2v) is 3.91. The number of carbonyl (C=O) groups is 1. The van der Waals surface area contributed by atoms with Crippen LogP contribution in [-0.2, 0) is 6.54 Å². The van der Waals surface area contributed by atoms with Gasteiger partial charge in [-0.25, -0.2) is 0 Å². The van der Waals surface area contributed by atoms with Crippen molar-refractivity contribution in [3.63, 3.8) is 0 Å². The summed E-state index contributed by atoms with van der Waals surface area (Å²) in [5.74, 6) is 1.15. The highest BCUT2D eigenvalue weighted by atomic mass is 79.9. The normalized spacial score (nSPS) is 9.50. The van der Waals surface area contributed by atoms with Crippen LogP contribution in [0.4, 0.5) is 0 Å². The van der Waals surface area contributed by atoms with Gasteiger partial charge in [-0.05, 0) is 18.2 Å². The van der Waals surface area contributed by atoms with Crippen LogP contribution in [0.15, 0.2) is 43.0 Å². The van der Waals surface area contributed by atoms with Crippen molar-refractivity contribution in [3.05, 3.63) is 48.5 Å². The maximum absolute atomic E-state index is 12.1. The summed E-state index contributed by atoms with van der Waals surface area (Å²) in [7, 11) is 3.11. The Morgan fingerprint density at radius 1 is 1.15 bits per heavy atom. The van der Waals surface area contributed by atoms with E-state index in [9.17, 15) is 4.79 Å². The van der Waals surface area contributed by atoms with Crippen LogP contribution in [0.5, 0.6) is 11.5 Å². The predicted molar refractivity (Wildman–Crippen MR) is 68.3 cm³/mol. The number of nitrogens with zero attached hydrogens (tertiary/aromatic N) is 2. The van der Waals surface area contributed by atoms with E-state index in [0.717, 1.165) is 0 Å². The molecule has 0 fully saturated rings. The Kier molecular flexibility index (Phi) is 6.11. The van der Waals surface area contributed by atoms with Gasteiger partial charge in [0.25, 0.3) is 0 Å². The first-order valence-electron chi connectivity index (χ1n) is 5.79. The van der Waals surface area contributed by atoms with Gasteiger partial charge in [0.1, 0.15) is 0 Å². The van der Waals surface area contributed by atoms with Gasteiger partial charge in [-0.15, -0.1) is 0 Å². The molecule has 0 saturated carbocycles. The zero-order valence-electron chi connectivity index (χ0n) is 11.2. The van der Waals surface area contributed by atoms with Gasteiger partial charge < -0.3 is 26.5 Å². The third kappa shape index (κ3) is 3.77. The highest BCUT2D eigenvalue weighted by molar-refractivity contribution is 5.95. The number of Topliss-reactive ketones (excluding diaryl/α,β-unsaturated/α-hetero) is 1. The smallest absolute Gasteiger partial charge is 0.227 e. The molecule has 0 saturated heterocycles. The number of ketones is 1. The molecule has 20 heavy (non-hydrogen) atoms. The summed E-state index contributed by atoms with van der Waals surface area (Å²) in [6.07, 6.45) is 6.78. The average Bonchev–Trinajstić information content (AvgIpc) is 2.47. The van der Waals surface area contributed by atoms with Crippen LogP contribution < -0.4 is 31.0 Å². The molecule has 1 aromatic heterocycles. The zero-order chi connectivity index (χ0) is 13.7. The van der Waals surface area contributed by atoms with Crippen molar-refractivity contribution in [2.45, 2.75) is 6.54 Å². The first kappa shape index (κ1) is 16.1. The molecule has 0 radical (unpaired) electrons. The quantitative estimate of drug-likeness (QED) is 0.480. The summed E-state index contributed by atoms with van der Waals surface area (Å²) in [4.78, 5) is 16.1. The third-order valence-corrected chi connectivity index (χ3v) is 2.72. The van der Waals surface area contributed by atoms with Crippen molar-refractivity contribution in [1.29, 1.82) is 0 Å². The highest BCUT2D eigenvalue weighted by Gasteiger charge is 2.14. The van der Waals surface area contributed by atoms with Gasteiger partial charge in [0, 0.05) is 5.56 Å². The molecular weight excluding hydrogens is 324 g/mol. The molecular formula is C14H15BrN2O3. The summed E-state index contributed by atoms with van der Waals surface area (Å²) >= 11 is 0. The van der Waals surface area contributed by atoms with Crippen LogP contribution >= 0.6 is 0 Å². The third-order valence-electron chi connectivity index (χ3n) is 2.72. The lowest BCUT2D eigenvalue weighted by Crippen LogP contribution is -3.00. The molecule has 1 aromatic carbocycles. The Morgan fingerprint density at radius 2 is 1.80 bits per heavy atom. The molecule has 0 aliphatic rings. The zero-order valence-corrected chi connectivity index (χ0v) is 12.8. The fraction of sp³-hybridized carbons (Fsp3) is 0.214. The monoisotopic (exact) mass is 338 g/mol. The van der Waals surface area contributed by atoms with E-state index in [-0.39, 0.29) is 29.3 Å². The van der Waals surface area contributed by atoms with Gasteiger partial charge in [0.2, 0.25) is 12.3 Å². The number of hydrogen-bond donors (Lipinski definition) is 0. The van der Waals surface area contributed by atoms with Gasteiger partial charge in [-0.1, -0.05) is 0 Å². The number of halogens is 1. The molecule has 2 aromatic rings. The molecule has 0 aliphatic carbocycles. The lowest BCUT2D eigenvalue weighted by atomic mass is 10.1. The number of benzene rings is 1. The summed E-state index contributed by atoms with van der Waals surface area (Å²) < 4.78 is 12.1. The van der Waals surface area contributed by atoms with Gasteiger partial charge in [-0.2, -0.15) is 4.57 Å². The Labute approximate surface area is 127 Å². The molecule has 0 amide bonds. The maximum Gasteiger partial charge on any atom is 0.227 e. The predicted octanol–water partition coefficient (Wildman–Crippen LogP) is -1.73. The average molecular weight is 339 g/mol. The summed E-state index contributed by atoms with van der Waals surface area (Å²) in [5, 5.41) is 0. The Balaban J connectivity index is 0.00000200. The van der Waals surface area contributed by atoms with Crippen molar-refractivity contribution < 1.29 is 35.8 Å². The van der Waals surface area contributed by atoms with Gasteiger partial charge in [0.05, 0.1) is 26.6 Å². The van der Waals surface area contributed by atoms with Crippen LogP contribution in [0.1, 0.15) is 10.4 Å². The molecule has 2 rings (SSSR count). The van der Waals surface area contributed by atoms with E-state index in [1.807, 2.05) is 0 Å². The molecule has 0 aliphatic heterocycles. The number of methoxy groups -OCH3 is 2. The molecule has 0 bridgehead atoms. The van der Waals surface area contributed by atoms with Crippen molar-refractivity contribution in [2.75, 3.05) is 14.2 Å². The van der Waals surface area contributed by atoms with E-state index in [1.165, 1.54) is 0 Å². The fourth-order valence-electron chi connectivity index (χ4n) is 1.72. The molecule has 1 heterocycles. The molecule has 0 atom stereocenters.